The average molecular weight is 307 g/mol. The SMILES string of the molecule is O=C(C(Br)Cc1cc(F)c(F)cc1F)C1CC1. The van der Waals surface area contributed by atoms with Gasteiger partial charge in [0.2, 0.25) is 0 Å². The standard InChI is InChI=1S/C12H10BrF3O/c13-8(12(17)6-1-2-6)3-7-4-10(15)11(16)5-9(7)14/h4-6,8H,1-3H2. The van der Waals surface area contributed by atoms with Gasteiger partial charge in [-0.1, -0.05) is 15.9 Å². The van der Waals surface area contributed by atoms with Crippen molar-refractivity contribution < 1.29 is 18.0 Å². The highest BCUT2D eigenvalue weighted by molar-refractivity contribution is 9.10. The molecule has 0 heterocycles. The van der Waals surface area contributed by atoms with E-state index in [2.05, 4.69) is 15.9 Å². The van der Waals surface area contributed by atoms with Crippen molar-refractivity contribution in [2.75, 3.05) is 0 Å². The van der Waals surface area contributed by atoms with Gasteiger partial charge in [-0.3, -0.25) is 4.79 Å². The number of rotatable bonds is 4. The topological polar surface area (TPSA) is 17.1 Å². The fourth-order valence-electron chi connectivity index (χ4n) is 1.64. The molecular weight excluding hydrogens is 297 g/mol. The van der Waals surface area contributed by atoms with Gasteiger partial charge in [0.25, 0.3) is 0 Å². The number of carbonyl (C=O) groups excluding carboxylic acids is 1. The number of ketones is 1. The maximum absolute atomic E-state index is 13.3. The highest BCUT2D eigenvalue weighted by Crippen LogP contribution is 2.33. The van der Waals surface area contributed by atoms with E-state index in [1.165, 1.54) is 0 Å². The molecule has 1 saturated carbocycles. The molecule has 0 N–H and O–H groups in total. The molecule has 0 aliphatic heterocycles. The number of alkyl halides is 1. The second-order valence-corrected chi connectivity index (χ2v) is 5.31. The first-order valence-corrected chi connectivity index (χ1v) is 6.22. The second kappa shape index (κ2) is 4.80. The number of Topliss-reactive ketones (excluding diaryl/α,β-unsaturated/α-hetero) is 1. The molecule has 92 valence electrons. The number of halogens is 4. The molecule has 0 saturated heterocycles. The molecule has 1 fully saturated rings. The molecule has 0 spiro atoms. The molecule has 1 atom stereocenters. The highest BCUT2D eigenvalue weighted by Gasteiger charge is 2.33. The summed E-state index contributed by atoms with van der Waals surface area (Å²) in [6.45, 7) is 0. The van der Waals surface area contributed by atoms with Gasteiger partial charge in [-0.05, 0) is 30.9 Å². The van der Waals surface area contributed by atoms with Gasteiger partial charge in [-0.25, -0.2) is 13.2 Å². The highest BCUT2D eigenvalue weighted by atomic mass is 79.9. The number of benzene rings is 1. The van der Waals surface area contributed by atoms with Crippen LogP contribution in [0, 0.1) is 23.4 Å². The quantitative estimate of drug-likeness (QED) is 0.615. The second-order valence-electron chi connectivity index (χ2n) is 4.21. The summed E-state index contributed by atoms with van der Waals surface area (Å²) in [5, 5.41) is 0. The first-order chi connectivity index (χ1) is 7.99. The Labute approximate surface area is 105 Å². The van der Waals surface area contributed by atoms with Gasteiger partial charge < -0.3 is 0 Å². The fraction of sp³-hybridized carbons (Fsp3) is 0.417. The van der Waals surface area contributed by atoms with Gasteiger partial charge in [0, 0.05) is 12.0 Å². The minimum Gasteiger partial charge on any atom is -0.298 e. The van der Waals surface area contributed by atoms with Crippen molar-refractivity contribution in [3.05, 3.63) is 35.1 Å². The zero-order valence-corrected chi connectivity index (χ0v) is 10.4. The molecular formula is C12H10BrF3O. The minimum atomic E-state index is -1.22. The lowest BCUT2D eigenvalue weighted by Gasteiger charge is -2.09. The monoisotopic (exact) mass is 306 g/mol. The van der Waals surface area contributed by atoms with Crippen molar-refractivity contribution in [3.63, 3.8) is 0 Å². The Bertz CT molecular complexity index is 457. The molecule has 17 heavy (non-hydrogen) atoms. The van der Waals surface area contributed by atoms with Gasteiger partial charge in [0.15, 0.2) is 11.6 Å². The van der Waals surface area contributed by atoms with Crippen LogP contribution < -0.4 is 0 Å². The number of hydrogen-bond donors (Lipinski definition) is 0. The summed E-state index contributed by atoms with van der Waals surface area (Å²) in [7, 11) is 0. The van der Waals surface area contributed by atoms with E-state index in [-0.39, 0.29) is 23.7 Å². The Morgan fingerprint density at radius 3 is 2.41 bits per heavy atom. The van der Waals surface area contributed by atoms with E-state index in [0.29, 0.717) is 6.07 Å². The maximum Gasteiger partial charge on any atom is 0.161 e. The summed E-state index contributed by atoms with van der Waals surface area (Å²) >= 11 is 3.17. The van der Waals surface area contributed by atoms with Gasteiger partial charge in [0.05, 0.1) is 4.83 Å². The van der Waals surface area contributed by atoms with E-state index in [1.807, 2.05) is 0 Å². The minimum absolute atomic E-state index is 0.00846. The molecule has 2 rings (SSSR count). The Morgan fingerprint density at radius 2 is 1.82 bits per heavy atom. The van der Waals surface area contributed by atoms with Crippen molar-refractivity contribution in [2.24, 2.45) is 5.92 Å². The van der Waals surface area contributed by atoms with Crippen LogP contribution in [-0.4, -0.2) is 10.6 Å². The number of hydrogen-bond acceptors (Lipinski definition) is 1. The summed E-state index contributed by atoms with van der Waals surface area (Å²) in [6.07, 6.45) is 1.76. The lowest BCUT2D eigenvalue weighted by molar-refractivity contribution is -0.119. The molecule has 0 radical (unpaired) electrons. The summed E-state index contributed by atoms with van der Waals surface area (Å²) in [6, 6.07) is 1.31. The van der Waals surface area contributed by atoms with E-state index >= 15 is 0 Å². The normalized spacial score (nSPS) is 16.9. The smallest absolute Gasteiger partial charge is 0.161 e. The van der Waals surface area contributed by atoms with Crippen molar-refractivity contribution in [1.82, 2.24) is 0 Å². The van der Waals surface area contributed by atoms with Crippen molar-refractivity contribution in [1.29, 1.82) is 0 Å². The van der Waals surface area contributed by atoms with Crippen molar-refractivity contribution in [3.8, 4) is 0 Å². The molecule has 0 bridgehead atoms. The third-order valence-corrected chi connectivity index (χ3v) is 3.55. The van der Waals surface area contributed by atoms with Crippen LogP contribution >= 0.6 is 15.9 Å². The van der Waals surface area contributed by atoms with Crippen LogP contribution in [0.25, 0.3) is 0 Å². The van der Waals surface area contributed by atoms with Gasteiger partial charge in [-0.15, -0.1) is 0 Å². The molecule has 1 aliphatic rings. The van der Waals surface area contributed by atoms with Crippen LogP contribution in [0.1, 0.15) is 18.4 Å². The van der Waals surface area contributed by atoms with E-state index in [1.54, 1.807) is 0 Å². The Balaban J connectivity index is 2.12. The summed E-state index contributed by atoms with van der Waals surface area (Å²) in [5.74, 6) is -3.08. The van der Waals surface area contributed by atoms with Gasteiger partial charge >= 0.3 is 0 Å². The Hall–Kier alpha value is -0.840. The van der Waals surface area contributed by atoms with Crippen LogP contribution in [0.15, 0.2) is 12.1 Å². The molecule has 0 amide bonds. The van der Waals surface area contributed by atoms with E-state index in [4.69, 9.17) is 0 Å². The summed E-state index contributed by atoms with van der Waals surface area (Å²) in [4.78, 5) is 11.1. The molecule has 1 aliphatic carbocycles. The first kappa shape index (κ1) is 12.6. The van der Waals surface area contributed by atoms with E-state index < -0.39 is 22.3 Å². The Kier molecular flexibility index (Phi) is 3.56. The molecule has 0 aromatic heterocycles. The van der Waals surface area contributed by atoms with Crippen LogP contribution in [0.4, 0.5) is 13.2 Å². The zero-order chi connectivity index (χ0) is 12.6. The van der Waals surface area contributed by atoms with Crippen molar-refractivity contribution >= 4 is 21.7 Å². The van der Waals surface area contributed by atoms with Crippen LogP contribution in [0.5, 0.6) is 0 Å². The average Bonchev–Trinajstić information content (AvgIpc) is 3.08. The lowest BCUT2D eigenvalue weighted by atomic mass is 10.0. The largest absolute Gasteiger partial charge is 0.298 e. The van der Waals surface area contributed by atoms with Crippen LogP contribution in [0.2, 0.25) is 0 Å². The van der Waals surface area contributed by atoms with E-state index in [9.17, 15) is 18.0 Å². The lowest BCUT2D eigenvalue weighted by Crippen LogP contribution is -2.19. The zero-order valence-electron chi connectivity index (χ0n) is 8.85. The Morgan fingerprint density at radius 1 is 1.24 bits per heavy atom. The summed E-state index contributed by atoms with van der Waals surface area (Å²) < 4.78 is 39.0. The first-order valence-electron chi connectivity index (χ1n) is 5.30. The molecule has 5 heteroatoms. The van der Waals surface area contributed by atoms with Crippen LogP contribution in [-0.2, 0) is 11.2 Å². The molecule has 1 nitrogen and oxygen atoms in total. The predicted molar refractivity (Wildman–Crippen MR) is 60.5 cm³/mol. The van der Waals surface area contributed by atoms with Gasteiger partial charge in [-0.2, -0.15) is 0 Å². The maximum atomic E-state index is 13.3. The van der Waals surface area contributed by atoms with Crippen LogP contribution in [0.3, 0.4) is 0 Å². The van der Waals surface area contributed by atoms with E-state index in [0.717, 1.165) is 18.9 Å². The number of carbonyl (C=O) groups is 1. The third-order valence-electron chi connectivity index (χ3n) is 2.78. The third kappa shape index (κ3) is 2.89. The summed E-state index contributed by atoms with van der Waals surface area (Å²) in [5.41, 5.74) is 0.0137. The fourth-order valence-corrected chi connectivity index (χ4v) is 2.36. The van der Waals surface area contributed by atoms with Gasteiger partial charge in [0.1, 0.15) is 11.6 Å². The molecule has 1 aromatic carbocycles. The predicted octanol–water partition coefficient (Wildman–Crippen LogP) is 3.39. The molecule has 1 unspecified atom stereocenters. The van der Waals surface area contributed by atoms with Crippen molar-refractivity contribution in [2.45, 2.75) is 24.1 Å². The molecule has 1 aromatic rings.